The number of carbonyl (C=O) groups is 1. The van der Waals surface area contributed by atoms with Crippen molar-refractivity contribution in [2.45, 2.75) is 19.9 Å². The Morgan fingerprint density at radius 3 is 1.41 bits per heavy atom. The number of nitrogens with two attached hydrogens (primary N) is 1. The van der Waals surface area contributed by atoms with Gasteiger partial charge in [-0.15, -0.1) is 0 Å². The van der Waals surface area contributed by atoms with Gasteiger partial charge in [0.05, 0.1) is 6.04 Å². The fraction of sp³-hybridized carbons (Fsp3) is 0.160. The summed E-state index contributed by atoms with van der Waals surface area (Å²) in [6, 6.07) is 31.2. The van der Waals surface area contributed by atoms with Crippen molar-refractivity contribution in [2.75, 3.05) is 0 Å². The molecule has 146 valence electrons. The number of carbonyl (C=O) groups excluding carboxylic acids is 1. The number of rotatable bonds is 6. The molecule has 0 saturated carbocycles. The summed E-state index contributed by atoms with van der Waals surface area (Å²) in [5.41, 5.74) is 6.26. The average molecular weight is 400 g/mol. The Balaban J connectivity index is 2.56. The van der Waals surface area contributed by atoms with Crippen molar-refractivity contribution >= 4 is 33.9 Å². The van der Waals surface area contributed by atoms with E-state index in [1.807, 2.05) is 105 Å². The summed E-state index contributed by atoms with van der Waals surface area (Å²) in [5.74, 6) is -0.331. The minimum Gasteiger partial charge on any atom is -0.321 e. The van der Waals surface area contributed by atoms with Gasteiger partial charge in [-0.2, -0.15) is 5.26 Å². The standard InChI is InChI=1S/C25H25N2OP/c1-19(2)24(27)25(28)23(18-26)29(20-12-6-3-7-13-20,21-14-8-4-9-15-21)22-16-10-5-11-17-22/h3-17,19,24H,27H2,1-2H3/t24-/m0/s1. The first-order valence-electron chi connectivity index (χ1n) is 9.66. The average Bonchev–Trinajstić information content (AvgIpc) is 2.78. The second-order valence-electron chi connectivity index (χ2n) is 7.27. The van der Waals surface area contributed by atoms with Crippen LogP contribution < -0.4 is 21.6 Å². The van der Waals surface area contributed by atoms with Crippen LogP contribution in [0, 0.1) is 17.2 Å². The molecule has 1 atom stereocenters. The van der Waals surface area contributed by atoms with Crippen molar-refractivity contribution < 1.29 is 4.79 Å². The van der Waals surface area contributed by atoms with Gasteiger partial charge < -0.3 is 5.73 Å². The van der Waals surface area contributed by atoms with Crippen molar-refractivity contribution in [1.29, 1.82) is 5.26 Å². The van der Waals surface area contributed by atoms with Gasteiger partial charge in [0.1, 0.15) is 11.4 Å². The van der Waals surface area contributed by atoms with Gasteiger partial charge in [-0.25, -0.2) is 0 Å². The predicted octanol–water partition coefficient (Wildman–Crippen LogP) is 3.23. The summed E-state index contributed by atoms with van der Waals surface area (Å²) in [4.78, 5) is 13.5. The summed E-state index contributed by atoms with van der Waals surface area (Å²) in [6.07, 6.45) is 0. The van der Waals surface area contributed by atoms with Gasteiger partial charge in [0.2, 0.25) is 0 Å². The SMILES string of the molecule is CC(C)[C@H](N)C(=O)C(C#N)=P(c1ccccc1)(c1ccccc1)c1ccccc1. The molecule has 3 aromatic carbocycles. The fourth-order valence-electron chi connectivity index (χ4n) is 3.55. The molecule has 3 rings (SSSR count). The van der Waals surface area contributed by atoms with Crippen LogP contribution in [-0.2, 0) is 4.79 Å². The normalized spacial score (nSPS) is 12.2. The van der Waals surface area contributed by atoms with Crippen LogP contribution in [0.4, 0.5) is 0 Å². The van der Waals surface area contributed by atoms with E-state index < -0.39 is 12.9 Å². The first-order valence-corrected chi connectivity index (χ1v) is 11.5. The van der Waals surface area contributed by atoms with Gasteiger partial charge in [0.15, 0.2) is 5.78 Å². The molecule has 4 heteroatoms. The third kappa shape index (κ3) is 3.83. The van der Waals surface area contributed by atoms with Crippen molar-refractivity contribution in [2.24, 2.45) is 11.7 Å². The number of benzene rings is 3. The molecular formula is C25H25N2OP. The molecule has 0 radical (unpaired) electrons. The molecule has 0 aromatic heterocycles. The number of hydrogen-bond donors (Lipinski definition) is 1. The maximum absolute atomic E-state index is 13.5. The highest BCUT2D eigenvalue weighted by Crippen LogP contribution is 2.46. The van der Waals surface area contributed by atoms with Crippen LogP contribution in [0.5, 0.6) is 0 Å². The zero-order chi connectivity index (χ0) is 20.9. The lowest BCUT2D eigenvalue weighted by molar-refractivity contribution is -0.114. The van der Waals surface area contributed by atoms with Crippen LogP contribution in [0.3, 0.4) is 0 Å². The van der Waals surface area contributed by atoms with Crippen molar-refractivity contribution in [3.8, 4) is 6.07 Å². The highest BCUT2D eigenvalue weighted by atomic mass is 31.2. The predicted molar refractivity (Wildman–Crippen MR) is 124 cm³/mol. The van der Waals surface area contributed by atoms with Crippen molar-refractivity contribution in [3.63, 3.8) is 0 Å². The quantitative estimate of drug-likeness (QED) is 0.646. The van der Waals surface area contributed by atoms with E-state index in [4.69, 9.17) is 5.73 Å². The van der Waals surface area contributed by atoms with Gasteiger partial charge in [-0.3, -0.25) is 4.79 Å². The van der Waals surface area contributed by atoms with Gasteiger partial charge in [-0.05, 0) is 28.7 Å². The Morgan fingerprint density at radius 1 is 0.793 bits per heavy atom. The highest BCUT2D eigenvalue weighted by Gasteiger charge is 2.35. The van der Waals surface area contributed by atoms with Gasteiger partial charge in [0, 0.05) is 0 Å². The summed E-state index contributed by atoms with van der Waals surface area (Å²) in [5, 5.41) is 13.5. The van der Waals surface area contributed by atoms with Crippen LogP contribution in [0.1, 0.15) is 13.8 Å². The van der Waals surface area contributed by atoms with Crippen LogP contribution in [0.2, 0.25) is 0 Å². The van der Waals surface area contributed by atoms with E-state index in [-0.39, 0.29) is 17.0 Å². The van der Waals surface area contributed by atoms with E-state index >= 15 is 0 Å². The molecule has 3 nitrogen and oxygen atoms in total. The van der Waals surface area contributed by atoms with E-state index in [2.05, 4.69) is 6.07 Å². The van der Waals surface area contributed by atoms with Crippen LogP contribution in [0.25, 0.3) is 0 Å². The molecule has 0 saturated heterocycles. The lowest BCUT2D eigenvalue weighted by atomic mass is 9.99. The van der Waals surface area contributed by atoms with Gasteiger partial charge >= 0.3 is 0 Å². The van der Waals surface area contributed by atoms with E-state index in [0.29, 0.717) is 0 Å². The van der Waals surface area contributed by atoms with Crippen LogP contribution >= 0.6 is 6.89 Å². The molecule has 0 aliphatic rings. The lowest BCUT2D eigenvalue weighted by Crippen LogP contribution is -2.43. The van der Waals surface area contributed by atoms with Crippen LogP contribution in [0.15, 0.2) is 91.0 Å². The Hall–Kier alpha value is -2.92. The van der Waals surface area contributed by atoms with E-state index in [0.717, 1.165) is 15.9 Å². The van der Waals surface area contributed by atoms with E-state index in [9.17, 15) is 10.1 Å². The maximum atomic E-state index is 13.5. The molecule has 0 bridgehead atoms. The molecule has 3 aromatic rings. The fourth-order valence-corrected chi connectivity index (χ4v) is 7.70. The molecular weight excluding hydrogens is 375 g/mol. The molecule has 0 heterocycles. The van der Waals surface area contributed by atoms with Gasteiger partial charge in [0.25, 0.3) is 0 Å². The van der Waals surface area contributed by atoms with Crippen molar-refractivity contribution in [1.82, 2.24) is 0 Å². The lowest BCUT2D eigenvalue weighted by Gasteiger charge is -2.31. The van der Waals surface area contributed by atoms with E-state index in [1.54, 1.807) is 0 Å². The second-order valence-corrected chi connectivity index (χ2v) is 10.6. The molecule has 29 heavy (non-hydrogen) atoms. The smallest absolute Gasteiger partial charge is 0.191 e. The van der Waals surface area contributed by atoms with Gasteiger partial charge in [-0.1, -0.05) is 105 Å². The Bertz CT molecular complexity index is 965. The number of nitriles is 1. The zero-order valence-corrected chi connectivity index (χ0v) is 17.6. The summed E-state index contributed by atoms with van der Waals surface area (Å²) in [6.45, 7) is 1.13. The number of Topliss-reactive ketones (excluding diaryl/α,β-unsaturated/α-hetero) is 1. The monoisotopic (exact) mass is 400 g/mol. The molecule has 2 N–H and O–H groups in total. The summed E-state index contributed by atoms with van der Waals surface area (Å²) >= 11 is 0. The largest absolute Gasteiger partial charge is 0.321 e. The maximum Gasteiger partial charge on any atom is 0.191 e. The zero-order valence-electron chi connectivity index (χ0n) is 16.7. The Kier molecular flexibility index (Phi) is 6.49. The summed E-state index contributed by atoms with van der Waals surface area (Å²) < 4.78 is 0. The Morgan fingerprint density at radius 2 is 1.14 bits per heavy atom. The first-order chi connectivity index (χ1) is 14.0. The molecule has 0 spiro atoms. The molecule has 0 unspecified atom stereocenters. The minimum absolute atomic E-state index is 0.0601. The summed E-state index contributed by atoms with van der Waals surface area (Å²) in [7, 11) is 0. The van der Waals surface area contributed by atoms with E-state index in [1.165, 1.54) is 0 Å². The molecule has 0 aliphatic heterocycles. The number of ketones is 1. The Labute approximate surface area is 172 Å². The second kappa shape index (κ2) is 9.05. The van der Waals surface area contributed by atoms with Crippen LogP contribution in [-0.4, -0.2) is 17.1 Å². The third-order valence-corrected chi connectivity index (χ3v) is 9.34. The highest BCUT2D eigenvalue weighted by molar-refractivity contribution is 7.97. The first kappa shape index (κ1) is 20.8. The third-order valence-electron chi connectivity index (χ3n) is 5.13. The number of nitrogens with zero attached hydrogens (tertiary/aromatic N) is 1. The topological polar surface area (TPSA) is 66.9 Å². The number of hydrogen-bond acceptors (Lipinski definition) is 3. The molecule has 0 fully saturated rings. The molecule has 0 amide bonds. The molecule has 0 aliphatic carbocycles. The minimum atomic E-state index is -2.69. The van der Waals surface area contributed by atoms with Crippen molar-refractivity contribution in [3.05, 3.63) is 91.0 Å².